The average molecular weight is 336 g/mol. The molecule has 2 aromatic heterocycles. The van der Waals surface area contributed by atoms with E-state index in [0.29, 0.717) is 11.4 Å². The monoisotopic (exact) mass is 336 g/mol. The number of carbonyl (C=O) groups is 1. The van der Waals surface area contributed by atoms with Gasteiger partial charge in [-0.05, 0) is 36.8 Å². The average Bonchev–Trinajstić information content (AvgIpc) is 2.62. The lowest BCUT2D eigenvalue weighted by Gasteiger charge is -2.09. The van der Waals surface area contributed by atoms with Crippen molar-refractivity contribution in [3.8, 4) is 11.4 Å². The van der Waals surface area contributed by atoms with Crippen LogP contribution >= 0.6 is 11.8 Å². The Morgan fingerprint density at radius 2 is 1.88 bits per heavy atom. The zero-order valence-electron chi connectivity index (χ0n) is 13.1. The predicted octanol–water partition coefficient (Wildman–Crippen LogP) is 3.35. The van der Waals surface area contributed by atoms with Gasteiger partial charge in [0.15, 0.2) is 5.82 Å². The largest absolute Gasteiger partial charge is 0.366 e. The molecule has 0 saturated heterocycles. The summed E-state index contributed by atoms with van der Waals surface area (Å²) in [5.74, 6) is 0.202. The first-order chi connectivity index (χ1) is 11.7. The van der Waals surface area contributed by atoms with Crippen LogP contribution in [0.25, 0.3) is 11.4 Å². The number of benzene rings is 1. The Kier molecular flexibility index (Phi) is 4.86. The second kappa shape index (κ2) is 7.23. The molecule has 0 unspecified atom stereocenters. The summed E-state index contributed by atoms with van der Waals surface area (Å²) in [6, 6.07) is 12.9. The van der Waals surface area contributed by atoms with E-state index >= 15 is 0 Å². The van der Waals surface area contributed by atoms with Gasteiger partial charge in [-0.3, -0.25) is 9.78 Å². The molecule has 0 bridgehead atoms. The molecule has 0 atom stereocenters. The standard InChI is InChI=1S/C18H16N4OS/c1-2-13-11-16(22-18(21-13)12-7-9-20-10-8-12)24-15-6-4-3-5-14(15)17(19)23/h3-11H,2H2,1H3,(H2,19,23). The molecule has 0 saturated carbocycles. The molecule has 1 aromatic carbocycles. The molecule has 2 N–H and O–H groups in total. The molecule has 24 heavy (non-hydrogen) atoms. The van der Waals surface area contributed by atoms with Crippen molar-refractivity contribution in [2.24, 2.45) is 5.73 Å². The van der Waals surface area contributed by atoms with Gasteiger partial charge in [-0.15, -0.1) is 0 Å². The Hall–Kier alpha value is -2.73. The van der Waals surface area contributed by atoms with E-state index in [4.69, 9.17) is 5.73 Å². The molecule has 0 aliphatic heterocycles. The first-order valence-electron chi connectivity index (χ1n) is 7.52. The number of pyridine rings is 1. The van der Waals surface area contributed by atoms with E-state index in [-0.39, 0.29) is 0 Å². The third-order valence-corrected chi connectivity index (χ3v) is 4.42. The second-order valence-electron chi connectivity index (χ2n) is 5.07. The van der Waals surface area contributed by atoms with Crippen molar-refractivity contribution in [2.75, 3.05) is 0 Å². The highest BCUT2D eigenvalue weighted by atomic mass is 32.2. The molecular weight excluding hydrogens is 320 g/mol. The van der Waals surface area contributed by atoms with Crippen molar-refractivity contribution in [1.29, 1.82) is 0 Å². The predicted molar refractivity (Wildman–Crippen MR) is 93.7 cm³/mol. The van der Waals surface area contributed by atoms with Crippen molar-refractivity contribution >= 4 is 17.7 Å². The lowest BCUT2D eigenvalue weighted by atomic mass is 10.2. The van der Waals surface area contributed by atoms with E-state index in [9.17, 15) is 4.79 Å². The van der Waals surface area contributed by atoms with Crippen LogP contribution in [0, 0.1) is 0 Å². The fourth-order valence-electron chi connectivity index (χ4n) is 2.21. The minimum Gasteiger partial charge on any atom is -0.366 e. The van der Waals surface area contributed by atoms with Crippen LogP contribution in [0.5, 0.6) is 0 Å². The van der Waals surface area contributed by atoms with Gasteiger partial charge in [0, 0.05) is 28.5 Å². The molecule has 6 heteroatoms. The number of rotatable bonds is 5. The van der Waals surface area contributed by atoms with Gasteiger partial charge in [0.05, 0.1) is 5.56 Å². The Bertz CT molecular complexity index is 868. The van der Waals surface area contributed by atoms with E-state index in [1.807, 2.05) is 37.3 Å². The van der Waals surface area contributed by atoms with E-state index in [1.165, 1.54) is 11.8 Å². The van der Waals surface area contributed by atoms with Crippen molar-refractivity contribution in [3.63, 3.8) is 0 Å². The molecular formula is C18H16N4OS. The first-order valence-corrected chi connectivity index (χ1v) is 8.34. The summed E-state index contributed by atoms with van der Waals surface area (Å²) in [5.41, 5.74) is 7.79. The van der Waals surface area contributed by atoms with E-state index < -0.39 is 5.91 Å². The highest BCUT2D eigenvalue weighted by Gasteiger charge is 2.12. The maximum atomic E-state index is 11.6. The third-order valence-electron chi connectivity index (χ3n) is 3.42. The molecule has 3 rings (SSSR count). The van der Waals surface area contributed by atoms with Gasteiger partial charge in [-0.2, -0.15) is 0 Å². The Labute approximate surface area is 144 Å². The molecule has 1 amide bonds. The van der Waals surface area contributed by atoms with Crippen molar-refractivity contribution in [3.05, 3.63) is 66.1 Å². The molecule has 0 aliphatic rings. The summed E-state index contributed by atoms with van der Waals surface area (Å²) in [7, 11) is 0. The van der Waals surface area contributed by atoms with E-state index in [1.54, 1.807) is 24.5 Å². The number of hydrogen-bond acceptors (Lipinski definition) is 5. The molecule has 120 valence electrons. The maximum Gasteiger partial charge on any atom is 0.249 e. The zero-order valence-corrected chi connectivity index (χ0v) is 14.0. The van der Waals surface area contributed by atoms with Crippen LogP contribution in [0.1, 0.15) is 23.0 Å². The van der Waals surface area contributed by atoms with Crippen LogP contribution in [-0.2, 0) is 6.42 Å². The Morgan fingerprint density at radius 1 is 1.12 bits per heavy atom. The van der Waals surface area contributed by atoms with Gasteiger partial charge < -0.3 is 5.73 Å². The molecule has 3 aromatic rings. The second-order valence-corrected chi connectivity index (χ2v) is 6.14. The van der Waals surface area contributed by atoms with Crippen LogP contribution in [-0.4, -0.2) is 20.9 Å². The molecule has 5 nitrogen and oxygen atoms in total. The summed E-state index contributed by atoms with van der Waals surface area (Å²) < 4.78 is 0. The lowest BCUT2D eigenvalue weighted by Crippen LogP contribution is -2.11. The number of aromatic nitrogens is 3. The van der Waals surface area contributed by atoms with Crippen LogP contribution < -0.4 is 5.73 Å². The third kappa shape index (κ3) is 3.60. The number of primary amides is 1. The van der Waals surface area contributed by atoms with Gasteiger partial charge in [0.25, 0.3) is 0 Å². The molecule has 0 aliphatic carbocycles. The Balaban J connectivity index is 2.01. The fourth-order valence-corrected chi connectivity index (χ4v) is 3.19. The van der Waals surface area contributed by atoms with Crippen molar-refractivity contribution in [1.82, 2.24) is 15.0 Å². The first kappa shape index (κ1) is 16.1. The van der Waals surface area contributed by atoms with Crippen molar-refractivity contribution in [2.45, 2.75) is 23.3 Å². The van der Waals surface area contributed by atoms with Crippen LogP contribution in [0.3, 0.4) is 0 Å². The quantitative estimate of drug-likeness (QED) is 0.723. The number of amides is 1. The number of carbonyl (C=O) groups excluding carboxylic acids is 1. The summed E-state index contributed by atoms with van der Waals surface area (Å²) in [6.45, 7) is 2.05. The topological polar surface area (TPSA) is 81.8 Å². The van der Waals surface area contributed by atoms with Gasteiger partial charge in [0.2, 0.25) is 5.91 Å². The highest BCUT2D eigenvalue weighted by Crippen LogP contribution is 2.30. The molecule has 0 spiro atoms. The van der Waals surface area contributed by atoms with Gasteiger partial charge in [-0.1, -0.05) is 30.8 Å². The van der Waals surface area contributed by atoms with E-state index in [0.717, 1.165) is 27.6 Å². The minimum absolute atomic E-state index is 0.447. The van der Waals surface area contributed by atoms with Crippen LogP contribution in [0.15, 0.2) is 64.8 Å². The van der Waals surface area contributed by atoms with Gasteiger partial charge >= 0.3 is 0 Å². The molecule has 0 radical (unpaired) electrons. The number of nitrogens with zero attached hydrogens (tertiary/aromatic N) is 3. The molecule has 0 fully saturated rings. The number of nitrogens with two attached hydrogens (primary N) is 1. The fraction of sp³-hybridized carbons (Fsp3) is 0.111. The summed E-state index contributed by atoms with van der Waals surface area (Å²) in [4.78, 5) is 25.6. The van der Waals surface area contributed by atoms with E-state index in [2.05, 4.69) is 15.0 Å². The molecule has 2 heterocycles. The maximum absolute atomic E-state index is 11.6. The van der Waals surface area contributed by atoms with Gasteiger partial charge in [-0.25, -0.2) is 9.97 Å². The number of aryl methyl sites for hydroxylation is 1. The highest BCUT2D eigenvalue weighted by molar-refractivity contribution is 7.99. The van der Waals surface area contributed by atoms with Crippen LogP contribution in [0.2, 0.25) is 0 Å². The van der Waals surface area contributed by atoms with Crippen LogP contribution in [0.4, 0.5) is 0 Å². The Morgan fingerprint density at radius 3 is 2.58 bits per heavy atom. The van der Waals surface area contributed by atoms with Gasteiger partial charge in [0.1, 0.15) is 5.03 Å². The summed E-state index contributed by atoms with van der Waals surface area (Å²) >= 11 is 1.41. The lowest BCUT2D eigenvalue weighted by molar-refractivity contribution is 0.0997. The van der Waals surface area contributed by atoms with Crippen molar-refractivity contribution < 1.29 is 4.79 Å². The smallest absolute Gasteiger partial charge is 0.249 e. The summed E-state index contributed by atoms with van der Waals surface area (Å²) in [6.07, 6.45) is 4.23. The zero-order chi connectivity index (χ0) is 16.9. The minimum atomic E-state index is -0.447. The summed E-state index contributed by atoms with van der Waals surface area (Å²) in [5, 5.41) is 0.780. The SMILES string of the molecule is CCc1cc(Sc2ccccc2C(N)=O)nc(-c2ccncc2)n1. The normalized spacial score (nSPS) is 10.5. The number of hydrogen-bond donors (Lipinski definition) is 1.